The average molecular weight is 230 g/mol. The number of hydrogen-bond acceptors (Lipinski definition) is 2. The molecule has 3 aliphatic rings. The fourth-order valence-corrected chi connectivity index (χ4v) is 3.41. The molecule has 0 aliphatic heterocycles. The van der Waals surface area contributed by atoms with Crippen LogP contribution in [0.5, 0.6) is 0 Å². The van der Waals surface area contributed by atoms with Crippen molar-refractivity contribution in [1.82, 2.24) is 10.2 Å². The fraction of sp³-hybridized carbons (Fsp3) is 0.733. The van der Waals surface area contributed by atoms with Gasteiger partial charge in [-0.05, 0) is 55.1 Å². The van der Waals surface area contributed by atoms with E-state index in [4.69, 9.17) is 0 Å². The minimum absolute atomic E-state index is 0.302. The van der Waals surface area contributed by atoms with Crippen LogP contribution in [0, 0.1) is 5.41 Å². The summed E-state index contributed by atoms with van der Waals surface area (Å²) < 4.78 is 0. The first-order valence-electron chi connectivity index (χ1n) is 6.89. The van der Waals surface area contributed by atoms with E-state index in [1.807, 2.05) is 0 Å². The highest BCUT2D eigenvalue weighted by molar-refractivity contribution is 5.33. The van der Waals surface area contributed by atoms with Crippen LogP contribution in [0.1, 0.15) is 75.2 Å². The van der Waals surface area contributed by atoms with Gasteiger partial charge in [-0.2, -0.15) is 10.2 Å². The highest BCUT2D eigenvalue weighted by Crippen LogP contribution is 2.48. The van der Waals surface area contributed by atoms with Crippen LogP contribution in [0.2, 0.25) is 0 Å². The highest BCUT2D eigenvalue weighted by atomic mass is 15.1. The van der Waals surface area contributed by atoms with E-state index in [1.54, 1.807) is 0 Å². The predicted molar refractivity (Wildman–Crippen MR) is 69.1 cm³/mol. The van der Waals surface area contributed by atoms with Gasteiger partial charge in [0.05, 0.1) is 11.4 Å². The van der Waals surface area contributed by atoms with Gasteiger partial charge in [0.1, 0.15) is 0 Å². The van der Waals surface area contributed by atoms with Crippen LogP contribution in [-0.2, 0) is 6.42 Å². The Labute approximate surface area is 104 Å². The summed E-state index contributed by atoms with van der Waals surface area (Å²) in [4.78, 5) is 0. The largest absolute Gasteiger partial charge is 0.155 e. The first-order chi connectivity index (χ1) is 8.03. The van der Waals surface area contributed by atoms with Crippen molar-refractivity contribution in [2.24, 2.45) is 5.41 Å². The van der Waals surface area contributed by atoms with Gasteiger partial charge in [-0.3, -0.25) is 0 Å². The van der Waals surface area contributed by atoms with Gasteiger partial charge in [0.15, 0.2) is 0 Å². The summed E-state index contributed by atoms with van der Waals surface area (Å²) in [7, 11) is 0. The molecule has 3 aliphatic carbocycles. The molecule has 92 valence electrons. The molecule has 2 heteroatoms. The third-order valence-electron chi connectivity index (χ3n) is 4.17. The molecule has 1 heterocycles. The number of fused-ring (bicyclic) bond motifs is 2. The molecule has 0 N–H and O–H groups in total. The molecule has 2 nitrogen and oxygen atoms in total. The smallest absolute Gasteiger partial charge is 0.0696 e. The van der Waals surface area contributed by atoms with E-state index in [-0.39, 0.29) is 0 Å². The summed E-state index contributed by atoms with van der Waals surface area (Å²) in [6.45, 7) is 6.79. The Morgan fingerprint density at radius 1 is 1.06 bits per heavy atom. The normalized spacial score (nSPS) is 27.0. The zero-order valence-electron chi connectivity index (χ0n) is 11.2. The standard InChI is InChI=1S/C15H22N2/c1-15(2,3)9-12-8-13-10-4-6-11(7-5-10)14(13)17-16-12/h8,10-11H,4-7,9H2,1-3H3. The molecule has 0 aromatic carbocycles. The lowest BCUT2D eigenvalue weighted by Crippen LogP contribution is -2.24. The monoisotopic (exact) mass is 230 g/mol. The Morgan fingerprint density at radius 2 is 1.71 bits per heavy atom. The minimum atomic E-state index is 0.302. The van der Waals surface area contributed by atoms with E-state index in [1.165, 1.54) is 42.6 Å². The molecule has 1 saturated carbocycles. The Bertz CT molecular complexity index is 423. The van der Waals surface area contributed by atoms with Gasteiger partial charge in [0, 0.05) is 5.92 Å². The van der Waals surface area contributed by atoms with E-state index >= 15 is 0 Å². The van der Waals surface area contributed by atoms with Gasteiger partial charge < -0.3 is 0 Å². The molecule has 0 unspecified atom stereocenters. The van der Waals surface area contributed by atoms with Gasteiger partial charge in [0.25, 0.3) is 0 Å². The lowest BCUT2D eigenvalue weighted by molar-refractivity contribution is 0.344. The summed E-state index contributed by atoms with van der Waals surface area (Å²) in [5, 5.41) is 8.98. The maximum atomic E-state index is 4.54. The van der Waals surface area contributed by atoms with Crippen molar-refractivity contribution in [2.45, 2.75) is 64.7 Å². The van der Waals surface area contributed by atoms with Crippen molar-refractivity contribution < 1.29 is 0 Å². The summed E-state index contributed by atoms with van der Waals surface area (Å²) in [5.41, 5.74) is 4.34. The number of aromatic nitrogens is 2. The zero-order valence-corrected chi connectivity index (χ0v) is 11.2. The quantitative estimate of drug-likeness (QED) is 0.733. The second-order valence-electron chi connectivity index (χ2n) is 6.96. The summed E-state index contributed by atoms with van der Waals surface area (Å²) >= 11 is 0. The van der Waals surface area contributed by atoms with Crippen LogP contribution in [-0.4, -0.2) is 10.2 Å². The predicted octanol–water partition coefficient (Wildman–Crippen LogP) is 3.82. The maximum absolute atomic E-state index is 4.54. The first-order valence-corrected chi connectivity index (χ1v) is 6.89. The third-order valence-corrected chi connectivity index (χ3v) is 4.17. The molecule has 2 bridgehead atoms. The molecule has 0 amide bonds. The fourth-order valence-electron chi connectivity index (χ4n) is 3.41. The number of nitrogens with zero attached hydrogens (tertiary/aromatic N) is 2. The average Bonchev–Trinajstić information content (AvgIpc) is 2.28. The second-order valence-corrected chi connectivity index (χ2v) is 6.96. The lowest BCUT2D eigenvalue weighted by Gasteiger charge is -2.37. The van der Waals surface area contributed by atoms with Gasteiger partial charge in [-0.25, -0.2) is 0 Å². The van der Waals surface area contributed by atoms with Crippen molar-refractivity contribution in [3.8, 4) is 0 Å². The van der Waals surface area contributed by atoms with Crippen molar-refractivity contribution >= 4 is 0 Å². The number of hydrogen-bond donors (Lipinski definition) is 0. The Kier molecular flexibility index (Phi) is 2.49. The highest BCUT2D eigenvalue weighted by Gasteiger charge is 2.34. The van der Waals surface area contributed by atoms with Crippen LogP contribution >= 0.6 is 0 Å². The summed E-state index contributed by atoms with van der Waals surface area (Å²) in [6.07, 6.45) is 6.46. The SMILES string of the molecule is CC(C)(C)Cc1cc2c(nn1)C1CCC2CC1. The van der Waals surface area contributed by atoms with Crippen LogP contribution in [0.15, 0.2) is 6.07 Å². The Morgan fingerprint density at radius 3 is 2.35 bits per heavy atom. The zero-order chi connectivity index (χ0) is 12.0. The molecule has 17 heavy (non-hydrogen) atoms. The molecule has 0 spiro atoms. The van der Waals surface area contributed by atoms with Crippen molar-refractivity contribution in [3.63, 3.8) is 0 Å². The van der Waals surface area contributed by atoms with Gasteiger partial charge in [-0.15, -0.1) is 0 Å². The topological polar surface area (TPSA) is 25.8 Å². The molecule has 0 saturated heterocycles. The van der Waals surface area contributed by atoms with Gasteiger partial charge >= 0.3 is 0 Å². The van der Waals surface area contributed by atoms with Crippen molar-refractivity contribution in [1.29, 1.82) is 0 Å². The molecule has 0 radical (unpaired) electrons. The first kappa shape index (κ1) is 11.2. The molecular weight excluding hydrogens is 208 g/mol. The van der Waals surface area contributed by atoms with E-state index in [9.17, 15) is 0 Å². The molecule has 1 fully saturated rings. The molecule has 4 rings (SSSR count). The molecule has 1 aromatic rings. The third kappa shape index (κ3) is 2.10. The van der Waals surface area contributed by atoms with Crippen LogP contribution in [0.4, 0.5) is 0 Å². The summed E-state index contributed by atoms with van der Waals surface area (Å²) in [5.74, 6) is 1.50. The molecular formula is C15H22N2. The van der Waals surface area contributed by atoms with E-state index in [2.05, 4.69) is 37.0 Å². The van der Waals surface area contributed by atoms with E-state index < -0.39 is 0 Å². The van der Waals surface area contributed by atoms with Crippen molar-refractivity contribution in [3.05, 3.63) is 23.0 Å². The van der Waals surface area contributed by atoms with Crippen molar-refractivity contribution in [2.75, 3.05) is 0 Å². The Balaban J connectivity index is 1.94. The molecule has 0 atom stereocenters. The van der Waals surface area contributed by atoms with Crippen LogP contribution < -0.4 is 0 Å². The second kappa shape index (κ2) is 3.79. The lowest BCUT2D eigenvalue weighted by atomic mass is 9.69. The maximum Gasteiger partial charge on any atom is 0.0696 e. The van der Waals surface area contributed by atoms with Crippen LogP contribution in [0.25, 0.3) is 0 Å². The van der Waals surface area contributed by atoms with E-state index in [0.717, 1.165) is 12.3 Å². The molecule has 1 aromatic heterocycles. The van der Waals surface area contributed by atoms with Gasteiger partial charge in [-0.1, -0.05) is 20.8 Å². The van der Waals surface area contributed by atoms with Gasteiger partial charge in [0.2, 0.25) is 0 Å². The Hall–Kier alpha value is -0.920. The van der Waals surface area contributed by atoms with Crippen LogP contribution in [0.3, 0.4) is 0 Å². The summed E-state index contributed by atoms with van der Waals surface area (Å²) in [6, 6.07) is 2.35. The minimum Gasteiger partial charge on any atom is -0.155 e. The number of rotatable bonds is 1. The van der Waals surface area contributed by atoms with E-state index in [0.29, 0.717) is 11.3 Å².